The quantitative estimate of drug-likeness (QED) is 0.827. The minimum atomic E-state index is -1.18. The Morgan fingerprint density at radius 1 is 1.43 bits per heavy atom. The molecule has 0 unspecified atom stereocenters. The van der Waals surface area contributed by atoms with Crippen LogP contribution in [-0.4, -0.2) is 31.7 Å². The Bertz CT molecular complexity index is 724. The van der Waals surface area contributed by atoms with Gasteiger partial charge in [0.05, 0.1) is 0 Å². The number of carbonyl (C=O) groups excluding carboxylic acids is 1. The largest absolute Gasteiger partial charge is 0.478 e. The van der Waals surface area contributed by atoms with E-state index in [0.717, 1.165) is 18.2 Å². The van der Waals surface area contributed by atoms with Crippen molar-refractivity contribution in [1.29, 1.82) is 0 Å². The summed E-state index contributed by atoms with van der Waals surface area (Å²) in [5.74, 6) is -2.19. The fourth-order valence-corrected chi connectivity index (χ4v) is 1.55. The second-order valence-electron chi connectivity index (χ2n) is 4.07. The third kappa shape index (κ3) is 3.50. The van der Waals surface area contributed by atoms with Gasteiger partial charge in [0.1, 0.15) is 12.1 Å². The third-order valence-corrected chi connectivity index (χ3v) is 2.60. The highest BCUT2D eigenvalue weighted by Crippen LogP contribution is 2.13. The van der Waals surface area contributed by atoms with E-state index >= 15 is 0 Å². The number of aryl methyl sites for hydroxylation is 1. The number of anilines is 1. The van der Waals surface area contributed by atoms with Crippen LogP contribution >= 0.6 is 0 Å². The summed E-state index contributed by atoms with van der Waals surface area (Å²) in [5.41, 5.74) is 0.163. The first-order valence-corrected chi connectivity index (χ1v) is 5.83. The Kier molecular flexibility index (Phi) is 4.07. The molecular weight excluding hydrogens is 279 g/mol. The van der Waals surface area contributed by atoms with Gasteiger partial charge >= 0.3 is 5.97 Å². The number of carboxylic acid groups (broad SMARTS) is 1. The molecule has 7 nitrogen and oxygen atoms in total. The van der Waals surface area contributed by atoms with Crippen molar-refractivity contribution in [2.75, 3.05) is 5.32 Å². The molecule has 0 radical (unpaired) electrons. The van der Waals surface area contributed by atoms with E-state index < -0.39 is 17.7 Å². The zero-order valence-corrected chi connectivity index (χ0v) is 10.9. The van der Waals surface area contributed by atoms with Gasteiger partial charge in [-0.15, -0.1) is 0 Å². The number of benzene rings is 1. The van der Waals surface area contributed by atoms with Gasteiger partial charge < -0.3 is 5.11 Å². The smallest absolute Gasteiger partial charge is 0.328 e. The topological polar surface area (TPSA) is 97.1 Å². The van der Waals surface area contributed by atoms with Crippen LogP contribution in [0.4, 0.5) is 10.3 Å². The number of aromatic nitrogens is 3. The van der Waals surface area contributed by atoms with Crippen molar-refractivity contribution in [1.82, 2.24) is 14.8 Å². The van der Waals surface area contributed by atoms with Gasteiger partial charge in [-0.05, 0) is 18.2 Å². The van der Waals surface area contributed by atoms with Gasteiger partial charge in [0.2, 0.25) is 5.95 Å². The molecule has 108 valence electrons. The molecule has 0 aliphatic rings. The predicted molar refractivity (Wildman–Crippen MR) is 72.0 cm³/mol. The van der Waals surface area contributed by atoms with E-state index in [1.165, 1.54) is 23.1 Å². The number of amides is 1. The Morgan fingerprint density at radius 2 is 2.19 bits per heavy atom. The second-order valence-corrected chi connectivity index (χ2v) is 4.07. The number of rotatable bonds is 4. The van der Waals surface area contributed by atoms with Crippen molar-refractivity contribution in [2.45, 2.75) is 0 Å². The van der Waals surface area contributed by atoms with Crippen LogP contribution in [0.25, 0.3) is 6.08 Å². The molecule has 21 heavy (non-hydrogen) atoms. The molecule has 2 aromatic rings. The van der Waals surface area contributed by atoms with Crippen LogP contribution in [0.2, 0.25) is 0 Å². The van der Waals surface area contributed by atoms with Gasteiger partial charge in [0, 0.05) is 24.3 Å². The average molecular weight is 290 g/mol. The van der Waals surface area contributed by atoms with Crippen LogP contribution < -0.4 is 5.32 Å². The fourth-order valence-electron chi connectivity index (χ4n) is 1.55. The highest BCUT2D eigenvalue weighted by atomic mass is 19.1. The normalized spacial score (nSPS) is 10.8. The lowest BCUT2D eigenvalue weighted by atomic mass is 10.1. The lowest BCUT2D eigenvalue weighted by Crippen LogP contribution is -2.15. The average Bonchev–Trinajstić information content (AvgIpc) is 2.82. The van der Waals surface area contributed by atoms with Crippen LogP contribution in [-0.2, 0) is 11.8 Å². The van der Waals surface area contributed by atoms with Crippen LogP contribution in [0.5, 0.6) is 0 Å². The summed E-state index contributed by atoms with van der Waals surface area (Å²) in [7, 11) is 1.60. The predicted octanol–water partition coefficient (Wildman–Crippen LogP) is 1.30. The summed E-state index contributed by atoms with van der Waals surface area (Å²) in [5, 5.41) is 14.8. The standard InChI is InChI=1S/C13H11FN4O3/c1-18-13(15-7-16-18)17-12(21)9-3-2-8(10(14)6-9)4-5-11(19)20/h2-7H,1H3,(H,19,20)(H,15,16,17,21)/b5-4+. The van der Waals surface area contributed by atoms with Gasteiger partial charge in [-0.25, -0.2) is 13.9 Å². The van der Waals surface area contributed by atoms with E-state index in [9.17, 15) is 14.0 Å². The number of hydrogen-bond acceptors (Lipinski definition) is 4. The number of halogens is 1. The van der Waals surface area contributed by atoms with Crippen molar-refractivity contribution >= 4 is 23.9 Å². The van der Waals surface area contributed by atoms with E-state index in [0.29, 0.717) is 0 Å². The fraction of sp³-hybridized carbons (Fsp3) is 0.0769. The summed E-state index contributed by atoms with van der Waals surface area (Å²) >= 11 is 0. The molecule has 0 saturated carbocycles. The van der Waals surface area contributed by atoms with Gasteiger partial charge in [0.25, 0.3) is 5.91 Å². The molecule has 0 atom stereocenters. The van der Waals surface area contributed by atoms with Gasteiger partial charge in [-0.3, -0.25) is 10.1 Å². The Hall–Kier alpha value is -3.03. The molecule has 0 fully saturated rings. The number of carboxylic acids is 1. The van der Waals surface area contributed by atoms with Crippen molar-refractivity contribution in [2.24, 2.45) is 7.05 Å². The molecule has 1 aromatic carbocycles. The second kappa shape index (κ2) is 5.95. The third-order valence-electron chi connectivity index (χ3n) is 2.60. The van der Waals surface area contributed by atoms with Gasteiger partial charge in [0.15, 0.2) is 0 Å². The molecule has 0 spiro atoms. The first-order chi connectivity index (χ1) is 9.97. The first kappa shape index (κ1) is 14.4. The molecule has 1 heterocycles. The summed E-state index contributed by atoms with van der Waals surface area (Å²) in [6.07, 6.45) is 3.20. The first-order valence-electron chi connectivity index (χ1n) is 5.83. The SMILES string of the molecule is Cn1ncnc1NC(=O)c1ccc(/C=C/C(=O)O)c(F)c1. The number of aliphatic carboxylic acids is 1. The summed E-state index contributed by atoms with van der Waals surface area (Å²) in [6, 6.07) is 3.73. The maximum atomic E-state index is 13.8. The maximum absolute atomic E-state index is 13.8. The zero-order chi connectivity index (χ0) is 15.4. The lowest BCUT2D eigenvalue weighted by molar-refractivity contribution is -0.131. The minimum absolute atomic E-state index is 0.0765. The molecule has 2 rings (SSSR count). The van der Waals surface area contributed by atoms with Crippen molar-refractivity contribution in [3.63, 3.8) is 0 Å². The van der Waals surface area contributed by atoms with Crippen LogP contribution in [0.15, 0.2) is 30.6 Å². The van der Waals surface area contributed by atoms with E-state index in [-0.39, 0.29) is 17.1 Å². The Balaban J connectivity index is 2.18. The van der Waals surface area contributed by atoms with Gasteiger partial charge in [-0.1, -0.05) is 6.07 Å². The van der Waals surface area contributed by atoms with Crippen molar-refractivity contribution < 1.29 is 19.1 Å². The summed E-state index contributed by atoms with van der Waals surface area (Å²) in [4.78, 5) is 26.1. The summed E-state index contributed by atoms with van der Waals surface area (Å²) in [6.45, 7) is 0. The number of carbonyl (C=O) groups is 2. The lowest BCUT2D eigenvalue weighted by Gasteiger charge is -2.05. The van der Waals surface area contributed by atoms with E-state index in [2.05, 4.69) is 15.4 Å². The summed E-state index contributed by atoms with van der Waals surface area (Å²) < 4.78 is 15.1. The number of hydrogen-bond donors (Lipinski definition) is 2. The molecule has 2 N–H and O–H groups in total. The van der Waals surface area contributed by atoms with Gasteiger partial charge in [-0.2, -0.15) is 10.1 Å². The van der Waals surface area contributed by atoms with Crippen LogP contribution in [0.1, 0.15) is 15.9 Å². The molecule has 1 amide bonds. The zero-order valence-electron chi connectivity index (χ0n) is 10.9. The van der Waals surface area contributed by atoms with Crippen molar-refractivity contribution in [3.05, 3.63) is 47.5 Å². The molecule has 0 aliphatic heterocycles. The Labute approximate surface area is 118 Å². The molecule has 8 heteroatoms. The Morgan fingerprint density at radius 3 is 2.76 bits per heavy atom. The monoisotopic (exact) mass is 290 g/mol. The van der Waals surface area contributed by atoms with Crippen LogP contribution in [0.3, 0.4) is 0 Å². The number of nitrogens with zero attached hydrogens (tertiary/aromatic N) is 3. The maximum Gasteiger partial charge on any atom is 0.328 e. The highest BCUT2D eigenvalue weighted by Gasteiger charge is 2.11. The van der Waals surface area contributed by atoms with E-state index in [1.54, 1.807) is 7.05 Å². The van der Waals surface area contributed by atoms with E-state index in [1.807, 2.05) is 0 Å². The molecule has 1 aromatic heterocycles. The highest BCUT2D eigenvalue weighted by molar-refractivity contribution is 6.03. The van der Waals surface area contributed by atoms with E-state index in [4.69, 9.17) is 5.11 Å². The van der Waals surface area contributed by atoms with Crippen LogP contribution in [0, 0.1) is 5.82 Å². The molecule has 0 aliphatic carbocycles. The number of nitrogens with one attached hydrogen (secondary N) is 1. The molecule has 0 bridgehead atoms. The minimum Gasteiger partial charge on any atom is -0.478 e. The molecular formula is C13H11FN4O3. The molecule has 0 saturated heterocycles. The van der Waals surface area contributed by atoms with Crippen molar-refractivity contribution in [3.8, 4) is 0 Å².